The number of carbonyl (C=O) groups excluding carboxylic acids is 1. The van der Waals surface area contributed by atoms with Crippen molar-refractivity contribution < 1.29 is 9.53 Å². The van der Waals surface area contributed by atoms with Gasteiger partial charge in [-0.15, -0.1) is 0 Å². The third-order valence-corrected chi connectivity index (χ3v) is 1.86. The number of ether oxygens (including phenoxy) is 1. The van der Waals surface area contributed by atoms with Crippen LogP contribution in [0.4, 0.5) is 0 Å². The van der Waals surface area contributed by atoms with Crippen LogP contribution in [-0.2, 0) is 9.53 Å². The summed E-state index contributed by atoms with van der Waals surface area (Å²) in [6, 6.07) is 0. The van der Waals surface area contributed by atoms with Gasteiger partial charge in [-0.25, -0.2) is 4.79 Å². The summed E-state index contributed by atoms with van der Waals surface area (Å²) >= 11 is 3.19. The number of nitrogens with zero attached hydrogens (tertiary/aromatic N) is 1. The van der Waals surface area contributed by atoms with Crippen molar-refractivity contribution in [3.63, 3.8) is 0 Å². The molecule has 0 amide bonds. The molecule has 1 heterocycles. The quantitative estimate of drug-likeness (QED) is 0.622. The number of aliphatic imine (C=N–C) groups is 1. The molecule has 1 rings (SSSR count). The molecular formula is C7H8BrNO2. The number of methoxy groups -OCH3 is 1. The number of dihydropyridines is 1. The highest BCUT2D eigenvalue weighted by Gasteiger charge is 2.12. The first kappa shape index (κ1) is 8.46. The summed E-state index contributed by atoms with van der Waals surface area (Å²) in [6.07, 6.45) is 2.36. The van der Waals surface area contributed by atoms with E-state index in [9.17, 15) is 4.79 Å². The fraction of sp³-hybridized carbons (Fsp3) is 0.429. The number of hydrogen-bond acceptors (Lipinski definition) is 3. The number of allylic oxidation sites excluding steroid dienone is 1. The molecule has 0 saturated heterocycles. The first-order valence-electron chi connectivity index (χ1n) is 3.23. The maximum absolute atomic E-state index is 10.9. The van der Waals surface area contributed by atoms with Gasteiger partial charge in [-0.3, -0.25) is 4.99 Å². The highest BCUT2D eigenvalue weighted by Crippen LogP contribution is 2.11. The first-order valence-corrected chi connectivity index (χ1v) is 4.02. The lowest BCUT2D eigenvalue weighted by atomic mass is 10.1. The molecule has 0 aromatic heterocycles. The smallest absolute Gasteiger partial charge is 0.333 e. The van der Waals surface area contributed by atoms with Crippen LogP contribution in [0.25, 0.3) is 0 Å². The van der Waals surface area contributed by atoms with Crippen molar-refractivity contribution in [3.05, 3.63) is 11.6 Å². The van der Waals surface area contributed by atoms with Gasteiger partial charge in [-0.2, -0.15) is 0 Å². The van der Waals surface area contributed by atoms with Crippen LogP contribution >= 0.6 is 15.9 Å². The van der Waals surface area contributed by atoms with Crippen molar-refractivity contribution in [2.24, 2.45) is 4.99 Å². The fourth-order valence-corrected chi connectivity index (χ4v) is 1.29. The van der Waals surface area contributed by atoms with Crippen LogP contribution in [0.2, 0.25) is 0 Å². The molecule has 0 fully saturated rings. The Morgan fingerprint density at radius 2 is 2.55 bits per heavy atom. The lowest BCUT2D eigenvalue weighted by molar-refractivity contribution is -0.136. The Hall–Kier alpha value is -0.640. The minimum atomic E-state index is -0.267. The number of rotatable bonds is 1. The maximum atomic E-state index is 10.9. The zero-order valence-corrected chi connectivity index (χ0v) is 7.72. The molecule has 0 spiro atoms. The molecule has 0 aromatic rings. The van der Waals surface area contributed by atoms with Crippen LogP contribution in [0, 0.1) is 0 Å². The Kier molecular flexibility index (Phi) is 2.82. The average molecular weight is 218 g/mol. The topological polar surface area (TPSA) is 38.7 Å². The first-order chi connectivity index (χ1) is 5.24. The largest absolute Gasteiger partial charge is 0.466 e. The van der Waals surface area contributed by atoms with Crippen LogP contribution < -0.4 is 0 Å². The minimum Gasteiger partial charge on any atom is -0.466 e. The van der Waals surface area contributed by atoms with Crippen LogP contribution in [0.15, 0.2) is 16.6 Å². The Morgan fingerprint density at radius 1 is 1.82 bits per heavy atom. The van der Waals surface area contributed by atoms with Gasteiger partial charge in [0.05, 0.1) is 7.11 Å². The fourth-order valence-electron chi connectivity index (χ4n) is 0.837. The Bertz CT molecular complexity index is 233. The van der Waals surface area contributed by atoms with E-state index in [1.165, 1.54) is 7.11 Å². The van der Waals surface area contributed by atoms with Crippen molar-refractivity contribution in [2.75, 3.05) is 13.7 Å². The van der Waals surface area contributed by atoms with Gasteiger partial charge in [0, 0.05) is 12.1 Å². The van der Waals surface area contributed by atoms with E-state index in [0.29, 0.717) is 23.2 Å². The number of hydrogen-bond donors (Lipinski definition) is 0. The second-order valence-corrected chi connectivity index (χ2v) is 2.93. The van der Waals surface area contributed by atoms with Crippen molar-refractivity contribution in [2.45, 2.75) is 6.42 Å². The summed E-state index contributed by atoms with van der Waals surface area (Å²) < 4.78 is 5.27. The van der Waals surface area contributed by atoms with Gasteiger partial charge in [0.1, 0.15) is 4.62 Å². The van der Waals surface area contributed by atoms with Gasteiger partial charge in [0.2, 0.25) is 0 Å². The minimum absolute atomic E-state index is 0.267. The van der Waals surface area contributed by atoms with Crippen molar-refractivity contribution in [3.8, 4) is 0 Å². The highest BCUT2D eigenvalue weighted by molar-refractivity contribution is 9.18. The van der Waals surface area contributed by atoms with E-state index in [0.717, 1.165) is 0 Å². The second kappa shape index (κ2) is 3.67. The molecule has 0 radical (unpaired) electrons. The highest BCUT2D eigenvalue weighted by atomic mass is 79.9. The Labute approximate surface area is 73.3 Å². The maximum Gasteiger partial charge on any atom is 0.333 e. The van der Waals surface area contributed by atoms with E-state index >= 15 is 0 Å². The summed E-state index contributed by atoms with van der Waals surface area (Å²) in [5.41, 5.74) is 0.675. The van der Waals surface area contributed by atoms with Crippen LogP contribution in [0.3, 0.4) is 0 Å². The summed E-state index contributed by atoms with van der Waals surface area (Å²) in [7, 11) is 1.38. The van der Waals surface area contributed by atoms with Gasteiger partial charge in [-0.1, -0.05) is 0 Å². The Morgan fingerprint density at radius 3 is 3.09 bits per heavy atom. The van der Waals surface area contributed by atoms with Crippen LogP contribution in [0.1, 0.15) is 6.42 Å². The monoisotopic (exact) mass is 217 g/mol. The summed E-state index contributed by atoms with van der Waals surface area (Å²) in [5, 5.41) is 0. The Balaban J connectivity index is 2.73. The molecule has 0 saturated carbocycles. The van der Waals surface area contributed by atoms with Crippen LogP contribution in [0.5, 0.6) is 0 Å². The van der Waals surface area contributed by atoms with Gasteiger partial charge >= 0.3 is 5.97 Å². The van der Waals surface area contributed by atoms with Crippen molar-refractivity contribution in [1.82, 2.24) is 0 Å². The van der Waals surface area contributed by atoms with Gasteiger partial charge < -0.3 is 4.74 Å². The third kappa shape index (κ3) is 2.15. The molecule has 3 nitrogen and oxygen atoms in total. The normalized spacial score (nSPS) is 16.9. The SMILES string of the molecule is COC(=O)C1=CC(Br)=NCC1. The van der Waals surface area contributed by atoms with Gasteiger partial charge in [-0.05, 0) is 28.4 Å². The molecular weight excluding hydrogens is 210 g/mol. The standard InChI is InChI=1S/C7H8BrNO2/c1-11-7(10)5-2-3-9-6(8)4-5/h4H,2-3H2,1H3. The number of carbonyl (C=O) groups is 1. The van der Waals surface area contributed by atoms with E-state index in [2.05, 4.69) is 25.7 Å². The zero-order chi connectivity index (χ0) is 8.27. The van der Waals surface area contributed by atoms with Crippen molar-refractivity contribution in [1.29, 1.82) is 0 Å². The van der Waals surface area contributed by atoms with E-state index in [-0.39, 0.29) is 5.97 Å². The molecule has 0 aromatic carbocycles. The summed E-state index contributed by atoms with van der Waals surface area (Å²) in [6.45, 7) is 0.654. The predicted molar refractivity (Wildman–Crippen MR) is 45.9 cm³/mol. The van der Waals surface area contributed by atoms with E-state index in [4.69, 9.17) is 0 Å². The molecule has 0 atom stereocenters. The zero-order valence-electron chi connectivity index (χ0n) is 6.13. The van der Waals surface area contributed by atoms with E-state index < -0.39 is 0 Å². The molecule has 1 aliphatic heterocycles. The third-order valence-electron chi connectivity index (χ3n) is 1.38. The second-order valence-electron chi connectivity index (χ2n) is 2.12. The number of halogens is 1. The van der Waals surface area contributed by atoms with Gasteiger partial charge in [0.15, 0.2) is 0 Å². The van der Waals surface area contributed by atoms with E-state index in [1.807, 2.05) is 0 Å². The van der Waals surface area contributed by atoms with Gasteiger partial charge in [0.25, 0.3) is 0 Å². The molecule has 0 aliphatic carbocycles. The predicted octanol–water partition coefficient (Wildman–Crippen LogP) is 1.28. The molecule has 0 bridgehead atoms. The molecule has 60 valence electrons. The molecule has 0 unspecified atom stereocenters. The summed E-state index contributed by atoms with van der Waals surface area (Å²) in [4.78, 5) is 15.0. The van der Waals surface area contributed by atoms with Crippen molar-refractivity contribution >= 4 is 26.5 Å². The molecule has 0 N–H and O–H groups in total. The van der Waals surface area contributed by atoms with Crippen LogP contribution in [-0.4, -0.2) is 24.2 Å². The molecule has 11 heavy (non-hydrogen) atoms. The average Bonchev–Trinajstić information content (AvgIpc) is 2.03. The molecule has 4 heteroatoms. The lowest BCUT2D eigenvalue weighted by Gasteiger charge is -2.07. The lowest BCUT2D eigenvalue weighted by Crippen LogP contribution is -2.10. The summed E-state index contributed by atoms with van der Waals surface area (Å²) in [5.74, 6) is -0.267. The number of esters is 1. The van der Waals surface area contributed by atoms with E-state index in [1.54, 1.807) is 6.08 Å². The molecule has 1 aliphatic rings.